The minimum Gasteiger partial charge on any atom is -0.456 e. The predicted molar refractivity (Wildman–Crippen MR) is 125 cm³/mol. The molecule has 0 aromatic carbocycles. The zero-order valence-electron chi connectivity index (χ0n) is 18.6. The molecule has 0 spiro atoms. The zero-order valence-corrected chi connectivity index (χ0v) is 20.2. The van der Waals surface area contributed by atoms with Crippen LogP contribution in [0.1, 0.15) is 57.2 Å². The highest BCUT2D eigenvalue weighted by atomic mass is 35.5. The third-order valence-corrected chi connectivity index (χ3v) is 5.40. The van der Waals surface area contributed by atoms with Crippen molar-refractivity contribution in [3.63, 3.8) is 0 Å². The number of amides is 1. The number of hydrogen-bond donors (Lipinski definition) is 1. The summed E-state index contributed by atoms with van der Waals surface area (Å²) >= 11 is 7.64. The summed E-state index contributed by atoms with van der Waals surface area (Å²) in [5, 5.41) is 2.90. The fourth-order valence-corrected chi connectivity index (χ4v) is 3.99. The summed E-state index contributed by atoms with van der Waals surface area (Å²) in [6, 6.07) is 3.75. The van der Waals surface area contributed by atoms with Crippen molar-refractivity contribution in [2.75, 3.05) is 5.01 Å². The number of halogens is 2. The average Bonchev–Trinajstić information content (AvgIpc) is 3.30. The molecule has 3 heterocycles. The van der Waals surface area contributed by atoms with Gasteiger partial charge in [0.1, 0.15) is 22.6 Å². The summed E-state index contributed by atoms with van der Waals surface area (Å²) in [6.45, 7) is 9.12. The number of rotatable bonds is 6. The third-order valence-electron chi connectivity index (χ3n) is 4.29. The lowest BCUT2D eigenvalue weighted by Crippen LogP contribution is -2.45. The third kappa shape index (κ3) is 5.34. The first-order chi connectivity index (χ1) is 15.1. The maximum atomic E-state index is 15.4. The number of carbonyl (C=O) groups is 1. The van der Waals surface area contributed by atoms with Gasteiger partial charge in [-0.3, -0.25) is 5.01 Å². The fraction of sp³-hybridized carbons (Fsp3) is 0.391. The Morgan fingerprint density at radius 1 is 1.44 bits per heavy atom. The maximum absolute atomic E-state index is 15.4. The van der Waals surface area contributed by atoms with Crippen molar-refractivity contribution in [3.05, 3.63) is 44.7 Å². The van der Waals surface area contributed by atoms with Gasteiger partial charge in [-0.2, -0.15) is 0 Å². The minimum atomic E-state index is -0.806. The summed E-state index contributed by atoms with van der Waals surface area (Å²) < 4.78 is 26.8. The number of pyridine rings is 1. The van der Waals surface area contributed by atoms with Crippen LogP contribution in [0.5, 0.6) is 0 Å². The molecule has 170 valence electrons. The molecule has 0 radical (unpaired) electrons. The first kappa shape index (κ1) is 23.9. The van der Waals surface area contributed by atoms with Gasteiger partial charge in [-0.15, -0.1) is 17.3 Å². The Labute approximate surface area is 195 Å². The molecule has 0 bridgehead atoms. The molecule has 0 atom stereocenters. The first-order valence-electron chi connectivity index (χ1n) is 10.2. The molecule has 0 saturated carbocycles. The van der Waals surface area contributed by atoms with Crippen molar-refractivity contribution in [1.82, 2.24) is 10.4 Å². The Balaban J connectivity index is 2.19. The van der Waals surface area contributed by atoms with E-state index in [1.165, 1.54) is 16.3 Å². The number of anilines is 1. The van der Waals surface area contributed by atoms with Crippen molar-refractivity contribution in [2.24, 2.45) is 0 Å². The lowest BCUT2D eigenvalue weighted by molar-refractivity contribution is 0.0520. The lowest BCUT2D eigenvalue weighted by atomic mass is 10.1. The first-order valence-corrected chi connectivity index (χ1v) is 11.4. The monoisotopic (exact) mass is 477 g/mol. The lowest BCUT2D eigenvalue weighted by Gasteiger charge is -2.27. The smallest absolute Gasteiger partial charge is 0.426 e. The van der Waals surface area contributed by atoms with Crippen LogP contribution in [-0.2, 0) is 17.7 Å². The van der Waals surface area contributed by atoms with E-state index in [-0.39, 0.29) is 23.0 Å². The summed E-state index contributed by atoms with van der Waals surface area (Å²) in [4.78, 5) is 17.7. The highest BCUT2D eigenvalue weighted by Crippen LogP contribution is 2.37. The van der Waals surface area contributed by atoms with Crippen LogP contribution in [0.25, 0.3) is 11.1 Å². The normalized spacial score (nSPS) is 11.2. The molecule has 6 nitrogen and oxygen atoms in total. The average molecular weight is 478 g/mol. The molecule has 0 aliphatic carbocycles. The van der Waals surface area contributed by atoms with E-state index in [9.17, 15) is 4.79 Å². The quantitative estimate of drug-likeness (QED) is 0.251. The van der Waals surface area contributed by atoms with Gasteiger partial charge in [0.2, 0.25) is 0 Å². The van der Waals surface area contributed by atoms with Crippen LogP contribution < -0.4 is 10.4 Å². The van der Waals surface area contributed by atoms with Crippen LogP contribution in [-0.4, -0.2) is 16.7 Å². The molecule has 32 heavy (non-hydrogen) atoms. The molecular formula is C23H25ClFN3O3S. The van der Waals surface area contributed by atoms with Crippen LogP contribution >= 0.6 is 22.9 Å². The van der Waals surface area contributed by atoms with Gasteiger partial charge in [0.15, 0.2) is 16.6 Å². The molecule has 0 fully saturated rings. The van der Waals surface area contributed by atoms with E-state index in [0.29, 0.717) is 23.3 Å². The van der Waals surface area contributed by atoms with Crippen molar-refractivity contribution < 1.29 is 18.3 Å². The van der Waals surface area contributed by atoms with E-state index in [1.54, 1.807) is 27.7 Å². The fourth-order valence-electron chi connectivity index (χ4n) is 3.12. The number of nitrogens with one attached hydrogen (secondary N) is 1. The molecule has 9 heteroatoms. The molecule has 3 aromatic rings. The molecule has 0 saturated heterocycles. The van der Waals surface area contributed by atoms with Crippen LogP contribution in [0.4, 0.5) is 14.9 Å². The number of fused-ring (bicyclic) bond motifs is 1. The van der Waals surface area contributed by atoms with Gasteiger partial charge in [-0.05, 0) is 45.6 Å². The Kier molecular flexibility index (Phi) is 7.32. The second-order valence-corrected chi connectivity index (χ2v) is 9.44. The van der Waals surface area contributed by atoms with E-state index >= 15 is 4.39 Å². The van der Waals surface area contributed by atoms with E-state index in [2.05, 4.69) is 22.3 Å². The zero-order chi connectivity index (χ0) is 23.5. The molecule has 1 amide bonds. The van der Waals surface area contributed by atoms with Gasteiger partial charge in [0.25, 0.3) is 0 Å². The molecule has 3 aromatic heterocycles. The summed E-state index contributed by atoms with van der Waals surface area (Å²) in [5.74, 6) is 5.64. The largest absolute Gasteiger partial charge is 0.456 e. The highest BCUT2D eigenvalue weighted by molar-refractivity contribution is 7.09. The van der Waals surface area contributed by atoms with Crippen LogP contribution in [0, 0.1) is 17.7 Å². The number of nitrogens with zero attached hydrogens (tertiary/aromatic N) is 2. The van der Waals surface area contributed by atoms with Gasteiger partial charge in [0, 0.05) is 11.3 Å². The Morgan fingerprint density at radius 2 is 2.19 bits per heavy atom. The molecule has 0 unspecified atom stereocenters. The second-order valence-electron chi connectivity index (χ2n) is 8.05. The number of aryl methyl sites for hydroxylation is 1. The van der Waals surface area contributed by atoms with E-state index in [4.69, 9.17) is 20.8 Å². The summed E-state index contributed by atoms with van der Waals surface area (Å²) in [7, 11) is 0. The van der Waals surface area contributed by atoms with Gasteiger partial charge < -0.3 is 9.15 Å². The molecule has 1 N–H and O–H groups in total. The molecule has 0 aliphatic rings. The Bertz CT molecular complexity index is 1170. The number of ether oxygens (including phenoxy) is 1. The van der Waals surface area contributed by atoms with Crippen molar-refractivity contribution in [1.29, 1.82) is 0 Å². The topological polar surface area (TPSA) is 67.6 Å². The van der Waals surface area contributed by atoms with Crippen LogP contribution in [0.15, 0.2) is 21.9 Å². The Morgan fingerprint density at radius 3 is 2.78 bits per heavy atom. The van der Waals surface area contributed by atoms with E-state index in [0.717, 1.165) is 11.3 Å². The second kappa shape index (κ2) is 9.80. The highest BCUT2D eigenvalue weighted by Gasteiger charge is 2.28. The molecule has 0 aliphatic heterocycles. The van der Waals surface area contributed by atoms with Crippen LogP contribution in [0.3, 0.4) is 0 Å². The van der Waals surface area contributed by atoms with Gasteiger partial charge in [-0.25, -0.2) is 19.6 Å². The van der Waals surface area contributed by atoms with Gasteiger partial charge in [-0.1, -0.05) is 30.5 Å². The maximum Gasteiger partial charge on any atom is 0.426 e. The van der Waals surface area contributed by atoms with Crippen molar-refractivity contribution in [3.8, 4) is 11.8 Å². The van der Waals surface area contributed by atoms with Crippen LogP contribution in [0.2, 0.25) is 5.15 Å². The van der Waals surface area contributed by atoms with E-state index < -0.39 is 17.5 Å². The number of thiophene rings is 1. The number of furan rings is 1. The SMILES string of the molecule is CC#Cc1c(CCC)oc2c(N(Cc3cccs3)NC(=O)OC(C)(C)C)c(F)c(Cl)nc12. The standard InChI is InChI=1S/C23H25ClFN3O3S/c1-6-9-15-16(10-7-2)30-20-18(15)26-21(24)17(25)19(20)28(13-14-11-8-12-32-14)27-22(29)31-23(3,4)5/h8,11-12H,7,10,13H2,1-5H3,(H,27,29). The molecular weight excluding hydrogens is 453 g/mol. The van der Waals surface area contributed by atoms with Crippen molar-refractivity contribution >= 4 is 45.8 Å². The summed E-state index contributed by atoms with van der Waals surface area (Å²) in [5.41, 5.74) is 2.97. The number of hydrazine groups is 1. The number of aromatic nitrogens is 1. The van der Waals surface area contributed by atoms with E-state index in [1.807, 2.05) is 24.4 Å². The number of hydrogen-bond acceptors (Lipinski definition) is 6. The van der Waals surface area contributed by atoms with Gasteiger partial charge >= 0.3 is 6.09 Å². The van der Waals surface area contributed by atoms with Crippen molar-refractivity contribution in [2.45, 2.75) is 59.6 Å². The Hall–Kier alpha value is -2.76. The molecule has 3 rings (SSSR count). The van der Waals surface area contributed by atoms with Gasteiger partial charge in [0.05, 0.1) is 12.1 Å². The minimum absolute atomic E-state index is 0.0271. The number of carbonyl (C=O) groups excluding carboxylic acids is 1. The predicted octanol–water partition coefficient (Wildman–Crippen LogP) is 6.45. The summed E-state index contributed by atoms with van der Waals surface area (Å²) in [6.07, 6.45) is 0.672.